The molecular formula is C16H18BrFN2. The Balaban J connectivity index is 2.20. The van der Waals surface area contributed by atoms with Crippen LogP contribution in [0.3, 0.4) is 0 Å². The minimum Gasteiger partial charge on any atom is -0.370 e. The zero-order valence-electron chi connectivity index (χ0n) is 11.7. The van der Waals surface area contributed by atoms with Crippen LogP contribution in [0.15, 0.2) is 46.9 Å². The first kappa shape index (κ1) is 15.0. The van der Waals surface area contributed by atoms with Gasteiger partial charge in [-0.15, -0.1) is 0 Å². The van der Waals surface area contributed by atoms with Gasteiger partial charge in [0.1, 0.15) is 5.82 Å². The highest BCUT2D eigenvalue weighted by Gasteiger charge is 2.07. The lowest BCUT2D eigenvalue weighted by Gasteiger charge is -2.21. The van der Waals surface area contributed by atoms with Crippen LogP contribution in [0.25, 0.3) is 0 Å². The molecule has 106 valence electrons. The van der Waals surface area contributed by atoms with E-state index in [-0.39, 0.29) is 5.82 Å². The maximum Gasteiger partial charge on any atom is 0.125 e. The van der Waals surface area contributed by atoms with Crippen molar-refractivity contribution in [2.24, 2.45) is 0 Å². The molecule has 1 N–H and O–H groups in total. The summed E-state index contributed by atoms with van der Waals surface area (Å²) in [5.41, 5.74) is 3.00. The molecule has 0 fully saturated rings. The molecule has 0 radical (unpaired) electrons. The fourth-order valence-electron chi connectivity index (χ4n) is 2.13. The standard InChI is InChI=1S/C16H18BrFN2/c1-19-10-12-7-14(18)9-15(8-12)20(2)11-13-5-3-4-6-16(13)17/h3-9,19H,10-11H2,1-2H3. The lowest BCUT2D eigenvalue weighted by Crippen LogP contribution is -2.17. The van der Waals surface area contributed by atoms with Crippen molar-refractivity contribution >= 4 is 21.6 Å². The van der Waals surface area contributed by atoms with Crippen LogP contribution in [-0.2, 0) is 13.1 Å². The van der Waals surface area contributed by atoms with Crippen molar-refractivity contribution in [1.29, 1.82) is 0 Å². The molecule has 0 bridgehead atoms. The van der Waals surface area contributed by atoms with E-state index in [1.165, 1.54) is 5.56 Å². The molecule has 0 heterocycles. The number of nitrogens with zero attached hydrogens (tertiary/aromatic N) is 1. The Morgan fingerprint density at radius 3 is 2.65 bits per heavy atom. The van der Waals surface area contributed by atoms with Gasteiger partial charge < -0.3 is 10.2 Å². The van der Waals surface area contributed by atoms with E-state index < -0.39 is 0 Å². The summed E-state index contributed by atoms with van der Waals surface area (Å²) in [6.07, 6.45) is 0. The normalized spacial score (nSPS) is 10.6. The van der Waals surface area contributed by atoms with Crippen LogP contribution in [0.2, 0.25) is 0 Å². The third kappa shape index (κ3) is 3.81. The second-order valence-corrected chi connectivity index (χ2v) is 5.65. The van der Waals surface area contributed by atoms with E-state index in [1.54, 1.807) is 12.1 Å². The zero-order valence-corrected chi connectivity index (χ0v) is 13.2. The van der Waals surface area contributed by atoms with Crippen molar-refractivity contribution in [2.45, 2.75) is 13.1 Å². The summed E-state index contributed by atoms with van der Waals surface area (Å²) in [6.45, 7) is 1.39. The van der Waals surface area contributed by atoms with Crippen LogP contribution in [-0.4, -0.2) is 14.1 Å². The molecule has 0 aliphatic carbocycles. The predicted octanol–water partition coefficient (Wildman–Crippen LogP) is 3.94. The SMILES string of the molecule is CNCc1cc(F)cc(N(C)Cc2ccccc2Br)c1. The molecule has 2 rings (SSSR count). The summed E-state index contributed by atoms with van der Waals surface area (Å²) < 4.78 is 14.7. The first-order valence-corrected chi connectivity index (χ1v) is 7.28. The van der Waals surface area contributed by atoms with Gasteiger partial charge in [-0.1, -0.05) is 34.1 Å². The zero-order chi connectivity index (χ0) is 14.5. The Bertz CT molecular complexity index is 586. The first-order valence-electron chi connectivity index (χ1n) is 6.49. The minimum atomic E-state index is -0.202. The Hall–Kier alpha value is -1.39. The van der Waals surface area contributed by atoms with Gasteiger partial charge in [0.05, 0.1) is 0 Å². The van der Waals surface area contributed by atoms with Gasteiger partial charge in [-0.05, 0) is 42.4 Å². The van der Waals surface area contributed by atoms with Crippen LogP contribution >= 0.6 is 15.9 Å². The lowest BCUT2D eigenvalue weighted by molar-refractivity contribution is 0.623. The number of nitrogens with one attached hydrogen (secondary N) is 1. The summed E-state index contributed by atoms with van der Waals surface area (Å²) >= 11 is 3.54. The molecule has 0 aliphatic heterocycles. The monoisotopic (exact) mass is 336 g/mol. The van der Waals surface area contributed by atoms with Gasteiger partial charge in [-0.3, -0.25) is 0 Å². The molecule has 2 aromatic rings. The van der Waals surface area contributed by atoms with Crippen molar-refractivity contribution < 1.29 is 4.39 Å². The third-order valence-electron chi connectivity index (χ3n) is 3.13. The van der Waals surface area contributed by atoms with Crippen LogP contribution in [0.1, 0.15) is 11.1 Å². The van der Waals surface area contributed by atoms with Gasteiger partial charge in [-0.25, -0.2) is 4.39 Å². The average Bonchev–Trinajstić information content (AvgIpc) is 2.41. The number of hydrogen-bond acceptors (Lipinski definition) is 2. The molecule has 2 nitrogen and oxygen atoms in total. The van der Waals surface area contributed by atoms with Crippen molar-refractivity contribution in [3.05, 3.63) is 63.9 Å². The van der Waals surface area contributed by atoms with Crippen molar-refractivity contribution in [3.63, 3.8) is 0 Å². The Kier molecular flexibility index (Phi) is 5.15. The molecule has 2 aromatic carbocycles. The van der Waals surface area contributed by atoms with Crippen molar-refractivity contribution in [3.8, 4) is 0 Å². The molecule has 0 spiro atoms. The lowest BCUT2D eigenvalue weighted by atomic mass is 10.1. The van der Waals surface area contributed by atoms with Crippen LogP contribution in [0.5, 0.6) is 0 Å². The third-order valence-corrected chi connectivity index (χ3v) is 3.90. The number of hydrogen-bond donors (Lipinski definition) is 1. The van der Waals surface area contributed by atoms with Gasteiger partial charge >= 0.3 is 0 Å². The number of rotatable bonds is 5. The number of anilines is 1. The van der Waals surface area contributed by atoms with Gasteiger partial charge in [0.2, 0.25) is 0 Å². The molecule has 0 atom stereocenters. The summed E-state index contributed by atoms with van der Waals surface area (Å²) in [5, 5.41) is 3.04. The van der Waals surface area contributed by atoms with Crippen LogP contribution in [0.4, 0.5) is 10.1 Å². The largest absolute Gasteiger partial charge is 0.370 e. The quantitative estimate of drug-likeness (QED) is 0.889. The second kappa shape index (κ2) is 6.86. The van der Waals surface area contributed by atoms with E-state index in [0.717, 1.165) is 22.3 Å². The molecular weight excluding hydrogens is 319 g/mol. The smallest absolute Gasteiger partial charge is 0.125 e. The Labute approximate surface area is 127 Å². The Morgan fingerprint density at radius 2 is 1.95 bits per heavy atom. The highest BCUT2D eigenvalue weighted by molar-refractivity contribution is 9.10. The topological polar surface area (TPSA) is 15.3 Å². The van der Waals surface area contributed by atoms with E-state index in [4.69, 9.17) is 0 Å². The molecule has 0 unspecified atom stereocenters. The molecule has 4 heteroatoms. The molecule has 20 heavy (non-hydrogen) atoms. The fourth-order valence-corrected chi connectivity index (χ4v) is 2.54. The van der Waals surface area contributed by atoms with Gasteiger partial charge in [0, 0.05) is 30.3 Å². The molecule has 0 amide bonds. The summed E-state index contributed by atoms with van der Waals surface area (Å²) in [5.74, 6) is -0.202. The molecule has 0 aliphatic rings. The molecule has 0 saturated carbocycles. The summed E-state index contributed by atoms with van der Waals surface area (Å²) in [4.78, 5) is 2.04. The number of halogens is 2. The highest BCUT2D eigenvalue weighted by atomic mass is 79.9. The van der Waals surface area contributed by atoms with E-state index in [2.05, 4.69) is 27.3 Å². The average molecular weight is 337 g/mol. The van der Waals surface area contributed by atoms with Gasteiger partial charge in [-0.2, -0.15) is 0 Å². The Morgan fingerprint density at radius 1 is 1.20 bits per heavy atom. The summed E-state index contributed by atoms with van der Waals surface area (Å²) in [7, 11) is 3.83. The molecule has 0 saturated heterocycles. The van der Waals surface area contributed by atoms with Gasteiger partial charge in [0.15, 0.2) is 0 Å². The van der Waals surface area contributed by atoms with Gasteiger partial charge in [0.25, 0.3) is 0 Å². The van der Waals surface area contributed by atoms with Crippen LogP contribution in [0, 0.1) is 5.82 Å². The first-order chi connectivity index (χ1) is 9.60. The highest BCUT2D eigenvalue weighted by Crippen LogP contribution is 2.22. The van der Waals surface area contributed by atoms with E-state index in [0.29, 0.717) is 6.54 Å². The fraction of sp³-hybridized carbons (Fsp3) is 0.250. The van der Waals surface area contributed by atoms with Crippen molar-refractivity contribution in [1.82, 2.24) is 5.32 Å². The summed E-state index contributed by atoms with van der Waals surface area (Å²) in [6, 6.07) is 13.2. The van der Waals surface area contributed by atoms with Crippen LogP contribution < -0.4 is 10.2 Å². The van der Waals surface area contributed by atoms with E-state index in [9.17, 15) is 4.39 Å². The second-order valence-electron chi connectivity index (χ2n) is 4.80. The number of benzene rings is 2. The predicted molar refractivity (Wildman–Crippen MR) is 85.4 cm³/mol. The minimum absolute atomic E-state index is 0.202. The maximum absolute atomic E-state index is 13.7. The molecule has 0 aromatic heterocycles. The van der Waals surface area contributed by atoms with E-state index >= 15 is 0 Å². The van der Waals surface area contributed by atoms with Crippen molar-refractivity contribution in [2.75, 3.05) is 19.0 Å². The maximum atomic E-state index is 13.7. The van der Waals surface area contributed by atoms with E-state index in [1.807, 2.05) is 43.3 Å².